The standard InChI is InChI=1S/C8H7O3.Re/c1-5-4-6(8(10)11)2-3-7(5)9;/h3-4,9H,1H3,(H,10,11);/q-1;. The smallest absolute Gasteiger partial charge is 0.247 e. The van der Waals surface area contributed by atoms with E-state index in [9.17, 15) is 4.79 Å². The van der Waals surface area contributed by atoms with Gasteiger partial charge < -0.3 is 15.0 Å². The topological polar surface area (TPSA) is 57.5 Å². The van der Waals surface area contributed by atoms with Crippen molar-refractivity contribution in [3.63, 3.8) is 0 Å². The summed E-state index contributed by atoms with van der Waals surface area (Å²) in [5, 5.41) is 17.5. The van der Waals surface area contributed by atoms with Crippen molar-refractivity contribution >= 4 is 5.97 Å². The largest absolute Gasteiger partial charge is 0.551 e. The van der Waals surface area contributed by atoms with Crippen molar-refractivity contribution in [3.05, 3.63) is 29.3 Å². The summed E-state index contributed by atoms with van der Waals surface area (Å²) in [6, 6.07) is 5.05. The summed E-state index contributed by atoms with van der Waals surface area (Å²) >= 11 is 0. The molecule has 0 spiro atoms. The Balaban J connectivity index is 0.00000121. The van der Waals surface area contributed by atoms with Crippen molar-refractivity contribution < 1.29 is 35.4 Å². The minimum Gasteiger partial charge on any atom is -0.551 e. The van der Waals surface area contributed by atoms with Gasteiger partial charge in [-0.3, -0.25) is 0 Å². The van der Waals surface area contributed by atoms with Crippen molar-refractivity contribution in [2.75, 3.05) is 0 Å². The molecule has 1 aromatic rings. The monoisotopic (exact) mass is 338 g/mol. The van der Waals surface area contributed by atoms with Crippen LogP contribution in [0.25, 0.3) is 0 Å². The van der Waals surface area contributed by atoms with Crippen LogP contribution in [0, 0.1) is 13.0 Å². The van der Waals surface area contributed by atoms with E-state index in [0.717, 1.165) is 0 Å². The summed E-state index contributed by atoms with van der Waals surface area (Å²) in [7, 11) is 0. The molecule has 0 amide bonds. The molecule has 4 heteroatoms. The number of rotatable bonds is 1. The number of aromatic carboxylic acids is 1. The molecular weight excluding hydrogens is 330 g/mol. The van der Waals surface area contributed by atoms with Crippen molar-refractivity contribution in [1.82, 2.24) is 0 Å². The molecule has 0 saturated heterocycles. The molecule has 0 aliphatic rings. The molecule has 65 valence electrons. The van der Waals surface area contributed by atoms with Gasteiger partial charge in [-0.2, -0.15) is 0 Å². The van der Waals surface area contributed by atoms with Gasteiger partial charge in [0.2, 0.25) is 5.97 Å². The first-order chi connectivity index (χ1) is 5.11. The summed E-state index contributed by atoms with van der Waals surface area (Å²) in [5.74, 6) is -0.969. The number of phenolic OH excluding ortho intramolecular Hbond substituents is 1. The molecule has 0 aromatic heterocycles. The molecule has 3 nitrogen and oxygen atoms in total. The van der Waals surface area contributed by atoms with Crippen LogP contribution in [0.3, 0.4) is 0 Å². The van der Waals surface area contributed by atoms with E-state index in [1.54, 1.807) is 6.92 Å². The van der Waals surface area contributed by atoms with Crippen LogP contribution >= 0.6 is 0 Å². The Hall–Kier alpha value is -0.848. The number of carbonyl (C=O) groups is 1. The average molecular weight is 337 g/mol. The molecule has 0 atom stereocenters. The van der Waals surface area contributed by atoms with E-state index in [1.807, 2.05) is 0 Å². The molecule has 0 unspecified atom stereocenters. The van der Waals surface area contributed by atoms with Crippen LogP contribution in [-0.2, 0) is 20.4 Å². The number of aromatic hydroxyl groups is 1. The summed E-state index contributed by atoms with van der Waals surface area (Å²) in [4.78, 5) is 10.4. The van der Waals surface area contributed by atoms with E-state index in [4.69, 9.17) is 10.2 Å². The second-order valence-corrected chi connectivity index (χ2v) is 2.22. The van der Waals surface area contributed by atoms with Crippen molar-refractivity contribution in [3.8, 4) is 5.75 Å². The second-order valence-electron chi connectivity index (χ2n) is 2.22. The molecule has 0 aliphatic heterocycles. The van der Waals surface area contributed by atoms with Gasteiger partial charge in [-0.1, -0.05) is 18.1 Å². The maximum Gasteiger partial charge on any atom is 0.247 e. The Labute approximate surface area is 83.7 Å². The minimum atomic E-state index is -1.03. The molecule has 0 aliphatic carbocycles. The zero-order valence-electron chi connectivity index (χ0n) is 6.34. The number of aryl methyl sites for hydroxylation is 1. The van der Waals surface area contributed by atoms with E-state index < -0.39 is 5.97 Å². The maximum atomic E-state index is 10.4. The predicted octanol–water partition coefficient (Wildman–Crippen LogP) is 1.20. The summed E-state index contributed by atoms with van der Waals surface area (Å²) in [6.07, 6.45) is 0. The number of benzene rings is 1. The predicted molar refractivity (Wildman–Crippen MR) is 38.6 cm³/mol. The second kappa shape index (κ2) is 4.25. The fourth-order valence-electron chi connectivity index (χ4n) is 0.716. The molecule has 1 rings (SSSR count). The Morgan fingerprint density at radius 2 is 2.17 bits per heavy atom. The number of phenols is 1. The Morgan fingerprint density at radius 1 is 1.58 bits per heavy atom. The van der Waals surface area contributed by atoms with Crippen molar-refractivity contribution in [2.45, 2.75) is 6.92 Å². The Kier molecular flexibility index (Phi) is 3.95. The van der Waals surface area contributed by atoms with E-state index in [0.29, 0.717) is 5.56 Å². The van der Waals surface area contributed by atoms with Crippen LogP contribution < -0.4 is 0 Å². The van der Waals surface area contributed by atoms with E-state index in [-0.39, 0.29) is 31.7 Å². The van der Waals surface area contributed by atoms with Gasteiger partial charge in [-0.05, 0) is 0 Å². The zero-order chi connectivity index (χ0) is 8.43. The number of hydrogen-bond donors (Lipinski definition) is 2. The Bertz CT molecular complexity index is 296. The summed E-state index contributed by atoms with van der Waals surface area (Å²) < 4.78 is 0. The van der Waals surface area contributed by atoms with E-state index in [2.05, 4.69) is 6.07 Å². The van der Waals surface area contributed by atoms with Gasteiger partial charge in [0, 0.05) is 26.2 Å². The van der Waals surface area contributed by atoms with Crippen LogP contribution in [0.4, 0.5) is 0 Å². The molecule has 0 heterocycles. The first kappa shape index (κ1) is 11.2. The molecular formula is C8H7O3Re-. The SMILES string of the molecule is Cc1cc(C(=O)O)[c-]cc1O.[Re]. The third kappa shape index (κ3) is 2.33. The maximum absolute atomic E-state index is 10.4. The molecule has 0 fully saturated rings. The van der Waals surface area contributed by atoms with Gasteiger partial charge in [-0.15, -0.1) is 18.2 Å². The van der Waals surface area contributed by atoms with Crippen LogP contribution in [0.5, 0.6) is 5.75 Å². The number of carboxylic acids is 1. The van der Waals surface area contributed by atoms with Crippen LogP contribution in [0.15, 0.2) is 12.1 Å². The molecule has 1 radical (unpaired) electrons. The molecule has 0 saturated carbocycles. The number of hydrogen-bond acceptors (Lipinski definition) is 2. The molecule has 12 heavy (non-hydrogen) atoms. The molecule has 0 bridgehead atoms. The van der Waals surface area contributed by atoms with Gasteiger partial charge in [0.25, 0.3) is 0 Å². The fourth-order valence-corrected chi connectivity index (χ4v) is 0.716. The average Bonchev–Trinajstić information content (AvgIpc) is 1.94. The van der Waals surface area contributed by atoms with E-state index in [1.165, 1.54) is 12.1 Å². The first-order valence-corrected chi connectivity index (χ1v) is 3.06. The summed E-state index contributed by atoms with van der Waals surface area (Å²) in [6.45, 7) is 1.63. The van der Waals surface area contributed by atoms with Gasteiger partial charge in [0.05, 0.1) is 0 Å². The van der Waals surface area contributed by atoms with Gasteiger partial charge in [-0.25, -0.2) is 0 Å². The molecule has 2 N–H and O–H groups in total. The normalized spacial score (nSPS) is 8.75. The Morgan fingerprint density at radius 3 is 2.58 bits per heavy atom. The fraction of sp³-hybridized carbons (Fsp3) is 0.125. The van der Waals surface area contributed by atoms with E-state index >= 15 is 0 Å². The van der Waals surface area contributed by atoms with Crippen LogP contribution in [0.2, 0.25) is 0 Å². The van der Waals surface area contributed by atoms with Crippen LogP contribution in [0.1, 0.15) is 15.9 Å². The van der Waals surface area contributed by atoms with Gasteiger partial charge >= 0.3 is 0 Å². The van der Waals surface area contributed by atoms with Crippen molar-refractivity contribution in [1.29, 1.82) is 0 Å². The zero-order valence-corrected chi connectivity index (χ0v) is 9.05. The first-order valence-electron chi connectivity index (χ1n) is 3.06. The van der Waals surface area contributed by atoms with Crippen LogP contribution in [-0.4, -0.2) is 16.2 Å². The third-order valence-electron chi connectivity index (χ3n) is 1.36. The van der Waals surface area contributed by atoms with Crippen molar-refractivity contribution in [2.24, 2.45) is 0 Å². The van der Waals surface area contributed by atoms with Gasteiger partial charge in [0.1, 0.15) is 0 Å². The minimum absolute atomic E-state index is 0. The number of carboxylic acid groups (broad SMARTS) is 1. The quantitative estimate of drug-likeness (QED) is 0.757. The van der Waals surface area contributed by atoms with Gasteiger partial charge in [0.15, 0.2) is 0 Å². The summed E-state index contributed by atoms with van der Waals surface area (Å²) in [5.41, 5.74) is 0.612. The molecule has 1 aromatic carbocycles. The third-order valence-corrected chi connectivity index (χ3v) is 1.36.